The van der Waals surface area contributed by atoms with Crippen LogP contribution in [0.25, 0.3) is 0 Å². The van der Waals surface area contributed by atoms with Gasteiger partial charge in [0.15, 0.2) is 0 Å². The van der Waals surface area contributed by atoms with E-state index in [1.807, 2.05) is 13.1 Å². The predicted molar refractivity (Wildman–Crippen MR) is 79.8 cm³/mol. The molecule has 0 bridgehead atoms. The molecule has 5 nitrogen and oxygen atoms in total. The topological polar surface area (TPSA) is 53.1 Å². The number of anilines is 2. The summed E-state index contributed by atoms with van der Waals surface area (Å²) in [5, 5.41) is 6.66. The molecule has 2 heterocycles. The average molecular weight is 263 g/mol. The van der Waals surface area contributed by atoms with Gasteiger partial charge < -0.3 is 15.5 Å². The lowest BCUT2D eigenvalue weighted by atomic mass is 10.1. The average Bonchev–Trinajstić information content (AvgIpc) is 2.41. The zero-order valence-corrected chi connectivity index (χ0v) is 12.4. The van der Waals surface area contributed by atoms with Crippen molar-refractivity contribution in [3.8, 4) is 0 Å². The van der Waals surface area contributed by atoms with E-state index in [4.69, 9.17) is 0 Å². The van der Waals surface area contributed by atoms with Crippen LogP contribution in [0.3, 0.4) is 0 Å². The van der Waals surface area contributed by atoms with Gasteiger partial charge in [0.05, 0.1) is 0 Å². The SMILES string of the molecule is CNc1cc(NC2CCN(C)CC2)nc(C(C)C)n1. The van der Waals surface area contributed by atoms with E-state index in [1.165, 1.54) is 12.8 Å². The van der Waals surface area contributed by atoms with Gasteiger partial charge in [-0.3, -0.25) is 0 Å². The van der Waals surface area contributed by atoms with Crippen LogP contribution >= 0.6 is 0 Å². The zero-order valence-electron chi connectivity index (χ0n) is 12.4. The summed E-state index contributed by atoms with van der Waals surface area (Å²) < 4.78 is 0. The Morgan fingerprint density at radius 2 is 1.84 bits per heavy atom. The van der Waals surface area contributed by atoms with Crippen LogP contribution in [0.2, 0.25) is 0 Å². The fraction of sp³-hybridized carbons (Fsp3) is 0.714. The molecule has 0 spiro atoms. The summed E-state index contributed by atoms with van der Waals surface area (Å²) in [5.74, 6) is 3.06. The molecule has 0 unspecified atom stereocenters. The highest BCUT2D eigenvalue weighted by Crippen LogP contribution is 2.19. The summed E-state index contributed by atoms with van der Waals surface area (Å²) in [4.78, 5) is 11.5. The highest BCUT2D eigenvalue weighted by atomic mass is 15.1. The number of nitrogens with one attached hydrogen (secondary N) is 2. The van der Waals surface area contributed by atoms with Crippen LogP contribution in [-0.2, 0) is 0 Å². The summed E-state index contributed by atoms with van der Waals surface area (Å²) in [7, 11) is 4.07. The Morgan fingerprint density at radius 1 is 1.21 bits per heavy atom. The van der Waals surface area contributed by atoms with Crippen molar-refractivity contribution in [1.82, 2.24) is 14.9 Å². The van der Waals surface area contributed by atoms with Gasteiger partial charge in [-0.25, -0.2) is 9.97 Å². The zero-order chi connectivity index (χ0) is 13.8. The lowest BCUT2D eigenvalue weighted by Gasteiger charge is -2.30. The summed E-state index contributed by atoms with van der Waals surface area (Å²) in [6, 6.07) is 2.51. The number of likely N-dealkylation sites (tertiary alicyclic amines) is 1. The molecule has 1 aliphatic rings. The van der Waals surface area contributed by atoms with Crippen molar-refractivity contribution in [2.75, 3.05) is 37.8 Å². The van der Waals surface area contributed by atoms with Gasteiger partial charge in [0.1, 0.15) is 17.5 Å². The normalized spacial score (nSPS) is 17.7. The Kier molecular flexibility index (Phi) is 4.58. The molecule has 2 N–H and O–H groups in total. The molecule has 0 aromatic carbocycles. The van der Waals surface area contributed by atoms with Gasteiger partial charge in [-0.2, -0.15) is 0 Å². The van der Waals surface area contributed by atoms with E-state index < -0.39 is 0 Å². The molecule has 1 saturated heterocycles. The first-order chi connectivity index (χ1) is 9.08. The third-order valence-corrected chi connectivity index (χ3v) is 3.59. The Morgan fingerprint density at radius 3 is 2.42 bits per heavy atom. The van der Waals surface area contributed by atoms with Crippen molar-refractivity contribution in [3.05, 3.63) is 11.9 Å². The Bertz CT molecular complexity index is 410. The van der Waals surface area contributed by atoms with Crippen LogP contribution < -0.4 is 10.6 Å². The molecule has 0 amide bonds. The number of nitrogens with zero attached hydrogens (tertiary/aromatic N) is 3. The minimum Gasteiger partial charge on any atom is -0.373 e. The Labute approximate surface area is 115 Å². The molecular weight excluding hydrogens is 238 g/mol. The Hall–Kier alpha value is -1.36. The fourth-order valence-electron chi connectivity index (χ4n) is 2.29. The molecule has 0 radical (unpaired) electrons. The Balaban J connectivity index is 2.08. The first kappa shape index (κ1) is 14.1. The third-order valence-electron chi connectivity index (χ3n) is 3.59. The number of rotatable bonds is 4. The van der Waals surface area contributed by atoms with Gasteiger partial charge >= 0.3 is 0 Å². The number of hydrogen-bond donors (Lipinski definition) is 2. The largest absolute Gasteiger partial charge is 0.373 e. The predicted octanol–water partition coefficient (Wildman–Crippen LogP) is 2.15. The van der Waals surface area contributed by atoms with Crippen molar-refractivity contribution >= 4 is 11.6 Å². The number of piperidine rings is 1. The first-order valence-corrected chi connectivity index (χ1v) is 7.10. The van der Waals surface area contributed by atoms with Gasteiger partial charge in [-0.1, -0.05) is 13.8 Å². The lowest BCUT2D eigenvalue weighted by molar-refractivity contribution is 0.263. The van der Waals surface area contributed by atoms with E-state index in [1.54, 1.807) is 0 Å². The van der Waals surface area contributed by atoms with Gasteiger partial charge in [-0.05, 0) is 33.0 Å². The molecule has 19 heavy (non-hydrogen) atoms. The van der Waals surface area contributed by atoms with Crippen LogP contribution in [-0.4, -0.2) is 48.1 Å². The summed E-state index contributed by atoms with van der Waals surface area (Å²) in [6.07, 6.45) is 2.35. The van der Waals surface area contributed by atoms with Crippen molar-refractivity contribution in [1.29, 1.82) is 0 Å². The molecular formula is C14H25N5. The van der Waals surface area contributed by atoms with Crippen LogP contribution in [0.4, 0.5) is 11.6 Å². The smallest absolute Gasteiger partial charge is 0.135 e. The van der Waals surface area contributed by atoms with E-state index in [0.717, 1.165) is 30.5 Å². The van der Waals surface area contributed by atoms with Crippen LogP contribution in [0.5, 0.6) is 0 Å². The maximum absolute atomic E-state index is 4.62. The van der Waals surface area contributed by atoms with Gasteiger partial charge in [0, 0.05) is 25.1 Å². The standard InChI is InChI=1S/C14H25N5/c1-10(2)14-17-12(15-3)9-13(18-14)16-11-5-7-19(4)8-6-11/h9-11H,5-8H2,1-4H3,(H2,15,16,17,18). The second kappa shape index (κ2) is 6.19. The highest BCUT2D eigenvalue weighted by Gasteiger charge is 2.17. The second-order valence-electron chi connectivity index (χ2n) is 5.62. The molecule has 0 aliphatic carbocycles. The molecule has 1 fully saturated rings. The van der Waals surface area contributed by atoms with Crippen LogP contribution in [0.15, 0.2) is 6.07 Å². The number of hydrogen-bond acceptors (Lipinski definition) is 5. The van der Waals surface area contributed by atoms with Gasteiger partial charge in [0.25, 0.3) is 0 Å². The molecule has 1 aromatic heterocycles. The minimum atomic E-state index is 0.339. The minimum absolute atomic E-state index is 0.339. The molecule has 0 saturated carbocycles. The van der Waals surface area contributed by atoms with Gasteiger partial charge in [0.2, 0.25) is 0 Å². The first-order valence-electron chi connectivity index (χ1n) is 7.10. The van der Waals surface area contributed by atoms with E-state index >= 15 is 0 Å². The summed E-state index contributed by atoms with van der Waals surface area (Å²) in [5.41, 5.74) is 0. The van der Waals surface area contributed by atoms with E-state index in [0.29, 0.717) is 12.0 Å². The van der Waals surface area contributed by atoms with Crippen molar-refractivity contribution in [2.45, 2.75) is 38.6 Å². The van der Waals surface area contributed by atoms with Crippen LogP contribution in [0.1, 0.15) is 38.4 Å². The quantitative estimate of drug-likeness (QED) is 0.871. The second-order valence-corrected chi connectivity index (χ2v) is 5.62. The van der Waals surface area contributed by atoms with Crippen molar-refractivity contribution < 1.29 is 0 Å². The van der Waals surface area contributed by atoms with Crippen molar-refractivity contribution in [3.63, 3.8) is 0 Å². The monoisotopic (exact) mass is 263 g/mol. The van der Waals surface area contributed by atoms with Gasteiger partial charge in [-0.15, -0.1) is 0 Å². The molecule has 1 aliphatic heterocycles. The fourth-order valence-corrected chi connectivity index (χ4v) is 2.29. The molecule has 5 heteroatoms. The van der Waals surface area contributed by atoms with Crippen molar-refractivity contribution in [2.24, 2.45) is 0 Å². The summed E-state index contributed by atoms with van der Waals surface area (Å²) in [6.45, 7) is 6.54. The highest BCUT2D eigenvalue weighted by molar-refractivity contribution is 5.48. The molecule has 2 rings (SSSR count). The van der Waals surface area contributed by atoms with E-state index in [9.17, 15) is 0 Å². The number of aromatic nitrogens is 2. The van der Waals surface area contributed by atoms with E-state index in [-0.39, 0.29) is 0 Å². The summed E-state index contributed by atoms with van der Waals surface area (Å²) >= 11 is 0. The maximum atomic E-state index is 4.62. The van der Waals surface area contributed by atoms with E-state index in [2.05, 4.69) is 46.4 Å². The van der Waals surface area contributed by atoms with Crippen LogP contribution in [0, 0.1) is 0 Å². The third kappa shape index (κ3) is 3.80. The molecule has 1 aromatic rings. The molecule has 0 atom stereocenters. The lowest BCUT2D eigenvalue weighted by Crippen LogP contribution is -2.37. The molecule has 106 valence electrons. The maximum Gasteiger partial charge on any atom is 0.135 e.